The third-order valence-corrected chi connectivity index (χ3v) is 5.68. The highest BCUT2D eigenvalue weighted by molar-refractivity contribution is 6.03. The molecular weight excluding hydrogens is 400 g/mol. The summed E-state index contributed by atoms with van der Waals surface area (Å²) in [5.74, 6) is 0.884. The van der Waals surface area contributed by atoms with Crippen LogP contribution in [0, 0.1) is 6.92 Å². The van der Waals surface area contributed by atoms with E-state index >= 15 is 0 Å². The van der Waals surface area contributed by atoms with E-state index in [2.05, 4.69) is 44.4 Å². The van der Waals surface area contributed by atoms with Crippen molar-refractivity contribution < 1.29 is 4.79 Å². The largest absolute Gasteiger partial charge is 0.373 e. The minimum absolute atomic E-state index is 0.257. The molecule has 7 heteroatoms. The Balaban J connectivity index is 1.62. The SMILES string of the molecule is CCC(C)c1ccnc(C(=O)Nc2cnc(C)c(-c3cnc4cc(NC)ncc4c3)c2)c1. The van der Waals surface area contributed by atoms with Gasteiger partial charge in [0.05, 0.1) is 17.4 Å². The van der Waals surface area contributed by atoms with Crippen LogP contribution < -0.4 is 10.6 Å². The Morgan fingerprint density at radius 3 is 2.66 bits per heavy atom. The monoisotopic (exact) mass is 426 g/mol. The van der Waals surface area contributed by atoms with Crippen molar-refractivity contribution in [2.24, 2.45) is 0 Å². The maximum Gasteiger partial charge on any atom is 0.274 e. The zero-order chi connectivity index (χ0) is 22.7. The van der Waals surface area contributed by atoms with Crippen LogP contribution in [0.3, 0.4) is 0 Å². The summed E-state index contributed by atoms with van der Waals surface area (Å²) in [6.45, 7) is 6.20. The third kappa shape index (κ3) is 4.42. The second-order valence-corrected chi connectivity index (χ2v) is 7.83. The first kappa shape index (κ1) is 21.4. The highest BCUT2D eigenvalue weighted by atomic mass is 16.1. The predicted molar refractivity (Wildman–Crippen MR) is 128 cm³/mol. The molecule has 0 aliphatic carbocycles. The van der Waals surface area contributed by atoms with Crippen LogP contribution in [0.4, 0.5) is 11.5 Å². The average Bonchev–Trinajstić information content (AvgIpc) is 2.84. The van der Waals surface area contributed by atoms with Crippen molar-refractivity contribution in [1.29, 1.82) is 0 Å². The van der Waals surface area contributed by atoms with Gasteiger partial charge in [0.1, 0.15) is 11.5 Å². The fraction of sp³-hybridized carbons (Fsp3) is 0.240. The van der Waals surface area contributed by atoms with Gasteiger partial charge in [0, 0.05) is 53.9 Å². The number of nitrogens with one attached hydrogen (secondary N) is 2. The highest BCUT2D eigenvalue weighted by Crippen LogP contribution is 2.28. The van der Waals surface area contributed by atoms with Gasteiger partial charge in [-0.3, -0.25) is 19.7 Å². The fourth-order valence-corrected chi connectivity index (χ4v) is 3.51. The summed E-state index contributed by atoms with van der Waals surface area (Å²) in [6, 6.07) is 9.66. The van der Waals surface area contributed by atoms with Crippen LogP contribution >= 0.6 is 0 Å². The predicted octanol–water partition coefficient (Wildman–Crippen LogP) is 5.20. The van der Waals surface area contributed by atoms with E-state index in [1.807, 2.05) is 50.5 Å². The van der Waals surface area contributed by atoms with Crippen molar-refractivity contribution in [2.45, 2.75) is 33.1 Å². The Labute approximate surface area is 187 Å². The van der Waals surface area contributed by atoms with Crippen LogP contribution in [-0.2, 0) is 0 Å². The van der Waals surface area contributed by atoms with Crippen molar-refractivity contribution in [3.05, 3.63) is 72.1 Å². The van der Waals surface area contributed by atoms with E-state index in [1.165, 1.54) is 0 Å². The molecular formula is C25H26N6O. The number of rotatable bonds is 6. The summed E-state index contributed by atoms with van der Waals surface area (Å²) in [5.41, 5.74) is 5.62. The minimum Gasteiger partial charge on any atom is -0.373 e. The summed E-state index contributed by atoms with van der Waals surface area (Å²) in [5, 5.41) is 6.88. The summed E-state index contributed by atoms with van der Waals surface area (Å²) >= 11 is 0. The molecule has 2 N–H and O–H groups in total. The van der Waals surface area contributed by atoms with Gasteiger partial charge in [-0.1, -0.05) is 13.8 Å². The molecule has 0 aliphatic rings. The quantitative estimate of drug-likeness (QED) is 0.440. The molecule has 4 rings (SSSR count). The molecule has 0 saturated heterocycles. The van der Waals surface area contributed by atoms with Gasteiger partial charge < -0.3 is 10.6 Å². The standard InChI is InChI=1S/C25H26N6O/c1-5-15(2)17-6-7-27-23(9-17)25(32)31-20-10-21(16(3)28-14-20)18-8-19-13-30-24(26-4)11-22(19)29-12-18/h6-15H,5H2,1-4H3,(H,26,30)(H,31,32). The van der Waals surface area contributed by atoms with E-state index < -0.39 is 0 Å². The lowest BCUT2D eigenvalue weighted by molar-refractivity contribution is 0.102. The van der Waals surface area contributed by atoms with Gasteiger partial charge in [-0.15, -0.1) is 0 Å². The van der Waals surface area contributed by atoms with Crippen LogP contribution in [0.2, 0.25) is 0 Å². The molecule has 0 fully saturated rings. The van der Waals surface area contributed by atoms with Gasteiger partial charge in [0.2, 0.25) is 0 Å². The number of aryl methyl sites for hydroxylation is 1. The first-order chi connectivity index (χ1) is 15.5. The Morgan fingerprint density at radius 2 is 1.88 bits per heavy atom. The molecule has 0 aliphatic heterocycles. The fourth-order valence-electron chi connectivity index (χ4n) is 3.51. The maximum absolute atomic E-state index is 12.8. The van der Waals surface area contributed by atoms with Crippen LogP contribution in [0.1, 0.15) is 47.9 Å². The Hall–Kier alpha value is -3.87. The van der Waals surface area contributed by atoms with Gasteiger partial charge in [0.15, 0.2) is 0 Å². The minimum atomic E-state index is -0.257. The van der Waals surface area contributed by atoms with Crippen molar-refractivity contribution in [2.75, 3.05) is 17.7 Å². The van der Waals surface area contributed by atoms with E-state index in [9.17, 15) is 4.79 Å². The molecule has 1 atom stereocenters. The second-order valence-electron chi connectivity index (χ2n) is 7.83. The zero-order valence-electron chi connectivity index (χ0n) is 18.7. The molecule has 1 amide bonds. The number of anilines is 2. The lowest BCUT2D eigenvalue weighted by Crippen LogP contribution is -2.14. The van der Waals surface area contributed by atoms with Gasteiger partial charge in [0.25, 0.3) is 5.91 Å². The average molecular weight is 427 g/mol. The number of amides is 1. The first-order valence-electron chi connectivity index (χ1n) is 10.7. The zero-order valence-corrected chi connectivity index (χ0v) is 18.7. The van der Waals surface area contributed by atoms with E-state index in [-0.39, 0.29) is 5.91 Å². The summed E-state index contributed by atoms with van der Waals surface area (Å²) in [7, 11) is 1.83. The number of pyridine rings is 4. The van der Waals surface area contributed by atoms with Gasteiger partial charge in [-0.25, -0.2) is 4.98 Å². The van der Waals surface area contributed by atoms with Gasteiger partial charge in [-0.05, 0) is 49.1 Å². The van der Waals surface area contributed by atoms with E-state index in [1.54, 1.807) is 18.6 Å². The van der Waals surface area contributed by atoms with E-state index in [4.69, 9.17) is 0 Å². The molecule has 0 saturated carbocycles. The molecule has 4 heterocycles. The van der Waals surface area contributed by atoms with Crippen molar-refractivity contribution in [3.63, 3.8) is 0 Å². The molecule has 4 aromatic heterocycles. The molecule has 4 aromatic rings. The van der Waals surface area contributed by atoms with Crippen LogP contribution in [0.15, 0.2) is 55.1 Å². The van der Waals surface area contributed by atoms with Crippen LogP contribution in [-0.4, -0.2) is 32.9 Å². The lowest BCUT2D eigenvalue weighted by Gasteiger charge is -2.12. The number of carbonyl (C=O) groups is 1. The summed E-state index contributed by atoms with van der Waals surface area (Å²) in [4.78, 5) is 30.5. The van der Waals surface area contributed by atoms with Crippen LogP contribution in [0.25, 0.3) is 22.0 Å². The van der Waals surface area contributed by atoms with Gasteiger partial charge in [-0.2, -0.15) is 0 Å². The number of nitrogens with zero attached hydrogens (tertiary/aromatic N) is 4. The molecule has 0 aromatic carbocycles. The summed E-state index contributed by atoms with van der Waals surface area (Å²) in [6.07, 6.45) is 7.95. The number of aromatic nitrogens is 4. The smallest absolute Gasteiger partial charge is 0.274 e. The molecule has 162 valence electrons. The molecule has 1 unspecified atom stereocenters. The highest BCUT2D eigenvalue weighted by Gasteiger charge is 2.13. The molecule has 0 radical (unpaired) electrons. The number of hydrogen-bond donors (Lipinski definition) is 2. The number of hydrogen-bond acceptors (Lipinski definition) is 6. The molecule has 7 nitrogen and oxygen atoms in total. The van der Waals surface area contributed by atoms with Gasteiger partial charge >= 0.3 is 0 Å². The van der Waals surface area contributed by atoms with E-state index in [0.29, 0.717) is 17.3 Å². The Bertz CT molecular complexity index is 1290. The molecule has 0 spiro atoms. The van der Waals surface area contributed by atoms with E-state index in [0.717, 1.165) is 45.5 Å². The van der Waals surface area contributed by atoms with Crippen molar-refractivity contribution >= 4 is 28.3 Å². The van der Waals surface area contributed by atoms with Crippen molar-refractivity contribution in [3.8, 4) is 11.1 Å². The molecule has 0 bridgehead atoms. The summed E-state index contributed by atoms with van der Waals surface area (Å²) < 4.78 is 0. The normalized spacial score (nSPS) is 11.9. The Morgan fingerprint density at radius 1 is 1.03 bits per heavy atom. The molecule has 32 heavy (non-hydrogen) atoms. The van der Waals surface area contributed by atoms with Crippen LogP contribution in [0.5, 0.6) is 0 Å². The first-order valence-corrected chi connectivity index (χ1v) is 10.7. The number of fused-ring (bicyclic) bond motifs is 1. The number of carbonyl (C=O) groups excluding carboxylic acids is 1. The topological polar surface area (TPSA) is 92.7 Å². The van der Waals surface area contributed by atoms with Crippen molar-refractivity contribution in [1.82, 2.24) is 19.9 Å². The third-order valence-electron chi connectivity index (χ3n) is 5.68. The Kier molecular flexibility index (Phi) is 6.07. The maximum atomic E-state index is 12.8. The lowest BCUT2D eigenvalue weighted by atomic mass is 9.99. The second kappa shape index (κ2) is 9.09.